The second kappa shape index (κ2) is 6.94. The predicted molar refractivity (Wildman–Crippen MR) is 83.9 cm³/mol. The fraction of sp³-hybridized carbons (Fsp3) is 0.706. The van der Waals surface area contributed by atoms with E-state index in [0.29, 0.717) is 19.3 Å². The second-order valence-electron chi connectivity index (χ2n) is 6.41. The molecule has 0 amide bonds. The fourth-order valence-electron chi connectivity index (χ4n) is 3.76. The van der Waals surface area contributed by atoms with Gasteiger partial charge in [0.25, 0.3) is 0 Å². The van der Waals surface area contributed by atoms with Crippen molar-refractivity contribution in [1.82, 2.24) is 9.88 Å². The van der Waals surface area contributed by atoms with Gasteiger partial charge in [0.05, 0.1) is 25.5 Å². The van der Waals surface area contributed by atoms with E-state index in [9.17, 15) is 5.11 Å². The number of pyridine rings is 1. The Morgan fingerprint density at radius 1 is 1.41 bits per heavy atom. The summed E-state index contributed by atoms with van der Waals surface area (Å²) < 4.78 is 10.9. The van der Waals surface area contributed by atoms with Crippen LogP contribution in [0.25, 0.3) is 0 Å². The molecule has 122 valence electrons. The summed E-state index contributed by atoms with van der Waals surface area (Å²) in [6.45, 7) is 5.22. The van der Waals surface area contributed by atoms with Gasteiger partial charge < -0.3 is 14.6 Å². The van der Waals surface area contributed by atoms with Crippen molar-refractivity contribution in [3.63, 3.8) is 0 Å². The Morgan fingerprint density at radius 2 is 2.27 bits per heavy atom. The summed E-state index contributed by atoms with van der Waals surface area (Å²) in [5, 5.41) is 10.3. The zero-order valence-corrected chi connectivity index (χ0v) is 13.5. The number of nitrogens with zero attached hydrogens (tertiary/aromatic N) is 2. The Balaban J connectivity index is 1.72. The van der Waals surface area contributed by atoms with Crippen LogP contribution in [0.2, 0.25) is 0 Å². The van der Waals surface area contributed by atoms with Crippen LogP contribution in [0.4, 0.5) is 0 Å². The molecule has 0 radical (unpaired) electrons. The number of hydrogen-bond acceptors (Lipinski definition) is 5. The Kier molecular flexibility index (Phi) is 4.96. The van der Waals surface area contributed by atoms with Crippen molar-refractivity contribution < 1.29 is 14.6 Å². The van der Waals surface area contributed by atoms with Gasteiger partial charge in [0.2, 0.25) is 0 Å². The molecule has 22 heavy (non-hydrogen) atoms. The van der Waals surface area contributed by atoms with E-state index in [-0.39, 0.29) is 12.0 Å². The van der Waals surface area contributed by atoms with Gasteiger partial charge in [0.1, 0.15) is 5.75 Å². The number of rotatable bonds is 4. The van der Waals surface area contributed by atoms with E-state index in [1.165, 1.54) is 6.42 Å². The van der Waals surface area contributed by atoms with Gasteiger partial charge in [-0.3, -0.25) is 9.88 Å². The number of aromatic nitrogens is 1. The quantitative estimate of drug-likeness (QED) is 0.918. The molecule has 3 heterocycles. The highest BCUT2D eigenvalue weighted by Crippen LogP contribution is 2.31. The number of hydrogen-bond donors (Lipinski definition) is 1. The number of aliphatic hydroxyl groups excluding tert-OH is 1. The van der Waals surface area contributed by atoms with Crippen LogP contribution in [0, 0.1) is 12.8 Å². The van der Waals surface area contributed by atoms with E-state index < -0.39 is 0 Å². The normalized spacial score (nSPS) is 29.7. The Hall–Kier alpha value is -1.17. The van der Waals surface area contributed by atoms with Crippen molar-refractivity contribution in [1.29, 1.82) is 0 Å². The molecule has 0 saturated carbocycles. The third-order valence-electron chi connectivity index (χ3n) is 4.85. The van der Waals surface area contributed by atoms with Crippen LogP contribution in [-0.4, -0.2) is 54.0 Å². The molecule has 5 nitrogen and oxygen atoms in total. The second-order valence-corrected chi connectivity index (χ2v) is 6.41. The molecule has 2 fully saturated rings. The van der Waals surface area contributed by atoms with Gasteiger partial charge in [0, 0.05) is 42.9 Å². The summed E-state index contributed by atoms with van der Waals surface area (Å²) in [5.41, 5.74) is 2.01. The molecule has 3 atom stereocenters. The summed E-state index contributed by atoms with van der Waals surface area (Å²) in [6, 6.07) is 4.35. The maximum Gasteiger partial charge on any atom is 0.122 e. The Labute approximate surface area is 132 Å². The minimum Gasteiger partial charge on any atom is -0.497 e. The van der Waals surface area contributed by atoms with Crippen LogP contribution in [0.5, 0.6) is 5.75 Å². The molecule has 0 unspecified atom stereocenters. The summed E-state index contributed by atoms with van der Waals surface area (Å²) in [6.07, 6.45) is 2.83. The third-order valence-corrected chi connectivity index (χ3v) is 4.85. The van der Waals surface area contributed by atoms with Gasteiger partial charge in [-0.2, -0.15) is 0 Å². The molecule has 0 aliphatic carbocycles. The van der Waals surface area contributed by atoms with E-state index in [4.69, 9.17) is 9.47 Å². The predicted octanol–water partition coefficient (Wildman–Crippen LogP) is 1.76. The largest absolute Gasteiger partial charge is 0.497 e. The highest BCUT2D eigenvalue weighted by Gasteiger charge is 2.37. The average molecular weight is 306 g/mol. The standard InChI is InChI=1S/C17H26N2O3/c1-12-8-14(21-2)9-13(18-12)10-19-6-3-4-16(19)15-11-22-7-5-17(15)20/h8-9,15-17,20H,3-7,10-11H2,1-2H3/t15-,16-,17+/m1/s1. The first-order valence-corrected chi connectivity index (χ1v) is 8.19. The molecule has 2 aliphatic rings. The van der Waals surface area contributed by atoms with Crippen molar-refractivity contribution in [2.24, 2.45) is 5.92 Å². The van der Waals surface area contributed by atoms with Gasteiger partial charge in [-0.15, -0.1) is 0 Å². The van der Waals surface area contributed by atoms with Crippen molar-refractivity contribution in [3.05, 3.63) is 23.5 Å². The molecule has 0 aromatic carbocycles. The number of likely N-dealkylation sites (tertiary alicyclic amines) is 1. The minimum absolute atomic E-state index is 0.225. The Morgan fingerprint density at radius 3 is 3.05 bits per heavy atom. The first-order valence-electron chi connectivity index (χ1n) is 8.19. The molecule has 1 aromatic heterocycles. The first kappa shape index (κ1) is 15.7. The van der Waals surface area contributed by atoms with Crippen molar-refractivity contribution in [2.75, 3.05) is 26.9 Å². The molecule has 5 heteroatoms. The number of methoxy groups -OCH3 is 1. The minimum atomic E-state index is -0.237. The van der Waals surface area contributed by atoms with Crippen LogP contribution in [0.3, 0.4) is 0 Å². The smallest absolute Gasteiger partial charge is 0.122 e. The van der Waals surface area contributed by atoms with E-state index in [1.807, 2.05) is 19.1 Å². The lowest BCUT2D eigenvalue weighted by molar-refractivity contribution is -0.0637. The topological polar surface area (TPSA) is 54.8 Å². The fourth-order valence-corrected chi connectivity index (χ4v) is 3.76. The van der Waals surface area contributed by atoms with E-state index in [1.54, 1.807) is 7.11 Å². The maximum absolute atomic E-state index is 10.3. The zero-order valence-electron chi connectivity index (χ0n) is 13.5. The highest BCUT2D eigenvalue weighted by molar-refractivity contribution is 5.26. The molecular formula is C17H26N2O3. The molecule has 0 spiro atoms. The summed E-state index contributed by atoms with van der Waals surface area (Å²) in [4.78, 5) is 7.08. The van der Waals surface area contributed by atoms with Crippen molar-refractivity contribution in [3.8, 4) is 5.75 Å². The monoisotopic (exact) mass is 306 g/mol. The van der Waals surface area contributed by atoms with Crippen LogP contribution in [0.1, 0.15) is 30.7 Å². The molecule has 1 aromatic rings. The zero-order chi connectivity index (χ0) is 15.5. The first-order chi connectivity index (χ1) is 10.7. The molecule has 3 rings (SSSR count). The van der Waals surface area contributed by atoms with Gasteiger partial charge in [-0.05, 0) is 32.7 Å². The molecule has 0 bridgehead atoms. The summed E-state index contributed by atoms with van der Waals surface area (Å²) in [5.74, 6) is 1.09. The van der Waals surface area contributed by atoms with Gasteiger partial charge in [-0.1, -0.05) is 0 Å². The summed E-state index contributed by atoms with van der Waals surface area (Å²) in [7, 11) is 1.69. The van der Waals surface area contributed by atoms with Crippen LogP contribution in [0.15, 0.2) is 12.1 Å². The molecule has 2 aliphatic heterocycles. The van der Waals surface area contributed by atoms with Gasteiger partial charge >= 0.3 is 0 Å². The van der Waals surface area contributed by atoms with E-state index in [2.05, 4.69) is 9.88 Å². The van der Waals surface area contributed by atoms with Crippen LogP contribution < -0.4 is 4.74 Å². The van der Waals surface area contributed by atoms with Crippen molar-refractivity contribution in [2.45, 2.75) is 44.9 Å². The molecule has 2 saturated heterocycles. The average Bonchev–Trinajstić information content (AvgIpc) is 2.95. The number of aryl methyl sites for hydroxylation is 1. The Bertz CT molecular complexity index is 509. The lowest BCUT2D eigenvalue weighted by Crippen LogP contribution is -2.45. The molecular weight excluding hydrogens is 280 g/mol. The van der Waals surface area contributed by atoms with E-state index >= 15 is 0 Å². The van der Waals surface area contributed by atoms with E-state index in [0.717, 1.165) is 43.1 Å². The van der Waals surface area contributed by atoms with Crippen LogP contribution in [-0.2, 0) is 11.3 Å². The van der Waals surface area contributed by atoms with Crippen LogP contribution >= 0.6 is 0 Å². The lowest BCUT2D eigenvalue weighted by atomic mass is 9.89. The lowest BCUT2D eigenvalue weighted by Gasteiger charge is -2.37. The van der Waals surface area contributed by atoms with Gasteiger partial charge in [0.15, 0.2) is 0 Å². The molecule has 1 N–H and O–H groups in total. The maximum atomic E-state index is 10.3. The number of ether oxygens (including phenoxy) is 2. The van der Waals surface area contributed by atoms with Crippen molar-refractivity contribution >= 4 is 0 Å². The highest BCUT2D eigenvalue weighted by atomic mass is 16.5. The van der Waals surface area contributed by atoms with Gasteiger partial charge in [-0.25, -0.2) is 0 Å². The summed E-state index contributed by atoms with van der Waals surface area (Å²) >= 11 is 0. The third kappa shape index (κ3) is 3.42. The SMILES string of the molecule is COc1cc(C)nc(CN2CCC[C@@H]2[C@H]2COCC[C@@H]2O)c1. The number of aliphatic hydroxyl groups is 1.